The zero-order valence-electron chi connectivity index (χ0n) is 17.7. The zero-order chi connectivity index (χ0) is 21.9. The van der Waals surface area contributed by atoms with E-state index in [1.54, 1.807) is 38.1 Å². The molecule has 0 N–H and O–H groups in total. The Kier molecular flexibility index (Phi) is 5.47. The fraction of sp³-hybridized carbons (Fsp3) is 0.120. The average molecular weight is 444 g/mol. The van der Waals surface area contributed by atoms with Crippen LogP contribution in [0.5, 0.6) is 11.5 Å². The lowest BCUT2D eigenvalue weighted by molar-refractivity contribution is 0.355. The Morgan fingerprint density at radius 2 is 1.78 bits per heavy atom. The monoisotopic (exact) mass is 443 g/mol. The van der Waals surface area contributed by atoms with Crippen molar-refractivity contribution in [2.24, 2.45) is 0 Å². The van der Waals surface area contributed by atoms with E-state index in [0.717, 1.165) is 38.6 Å². The van der Waals surface area contributed by atoms with E-state index < -0.39 is 0 Å². The molecule has 3 heterocycles. The Balaban J connectivity index is 1.71. The second-order valence-electron chi connectivity index (χ2n) is 7.10. The number of nitrogens with zero attached hydrogens (tertiary/aromatic N) is 3. The van der Waals surface area contributed by atoms with E-state index in [1.807, 2.05) is 48.5 Å². The van der Waals surface area contributed by atoms with E-state index in [0.29, 0.717) is 18.0 Å². The Morgan fingerprint density at radius 1 is 0.938 bits per heavy atom. The van der Waals surface area contributed by atoms with Crippen molar-refractivity contribution in [2.75, 3.05) is 19.1 Å². The maximum Gasteiger partial charge on any atom is 0.162 e. The lowest BCUT2D eigenvalue weighted by atomic mass is 10.1. The van der Waals surface area contributed by atoms with Crippen molar-refractivity contribution in [3.63, 3.8) is 0 Å². The third-order valence-electron chi connectivity index (χ3n) is 5.26. The molecule has 0 aliphatic carbocycles. The number of aromatic nitrogens is 2. The van der Waals surface area contributed by atoms with Gasteiger partial charge in [0.2, 0.25) is 0 Å². The highest BCUT2D eigenvalue weighted by Crippen LogP contribution is 2.42. The summed E-state index contributed by atoms with van der Waals surface area (Å²) in [5.74, 6) is 2.94. The van der Waals surface area contributed by atoms with Gasteiger partial charge in [-0.15, -0.1) is 11.3 Å². The molecular formula is C25H21N3O3S. The first kappa shape index (κ1) is 20.1. The second kappa shape index (κ2) is 8.72. The van der Waals surface area contributed by atoms with Crippen molar-refractivity contribution >= 4 is 33.1 Å². The molecule has 3 aromatic heterocycles. The average Bonchev–Trinajstić information content (AvgIpc) is 3.52. The van der Waals surface area contributed by atoms with Gasteiger partial charge in [-0.3, -0.25) is 0 Å². The minimum Gasteiger partial charge on any atom is -0.493 e. The topological polar surface area (TPSA) is 60.6 Å². The third-order valence-corrected chi connectivity index (χ3v) is 6.15. The molecule has 0 unspecified atom stereocenters. The van der Waals surface area contributed by atoms with Gasteiger partial charge in [0.1, 0.15) is 22.7 Å². The van der Waals surface area contributed by atoms with Crippen molar-refractivity contribution in [3.05, 3.63) is 84.4 Å². The quantitative estimate of drug-likeness (QED) is 0.294. The first-order chi connectivity index (χ1) is 15.8. The Labute approximate surface area is 189 Å². The lowest BCUT2D eigenvalue weighted by Crippen LogP contribution is -2.18. The summed E-state index contributed by atoms with van der Waals surface area (Å²) in [5.41, 5.74) is 3.13. The smallest absolute Gasteiger partial charge is 0.162 e. The first-order valence-electron chi connectivity index (χ1n) is 10.1. The van der Waals surface area contributed by atoms with Crippen LogP contribution in [0.2, 0.25) is 0 Å². The fourth-order valence-corrected chi connectivity index (χ4v) is 4.64. The standard InChI is InChI=1S/C25H21N3O3S/c1-29-21-11-10-18(13-22(21)30-2)28(14-19-9-6-12-31-19)24-23-20(17-7-4-3-5-8-17)15-32-25(23)27-16-26-24/h3-13,15-16H,14H2,1-2H3. The number of furan rings is 1. The van der Waals surface area contributed by atoms with Crippen LogP contribution < -0.4 is 14.4 Å². The third kappa shape index (κ3) is 3.67. The van der Waals surface area contributed by atoms with Crippen molar-refractivity contribution in [1.82, 2.24) is 9.97 Å². The number of hydrogen-bond donors (Lipinski definition) is 0. The Hall–Kier alpha value is -3.84. The molecule has 0 saturated heterocycles. The number of fused-ring (bicyclic) bond motifs is 1. The molecule has 0 atom stereocenters. The predicted molar refractivity (Wildman–Crippen MR) is 127 cm³/mol. The molecule has 0 saturated carbocycles. The number of rotatable bonds is 7. The van der Waals surface area contributed by atoms with Gasteiger partial charge in [-0.25, -0.2) is 9.97 Å². The summed E-state index contributed by atoms with van der Waals surface area (Å²) >= 11 is 1.61. The molecule has 0 radical (unpaired) electrons. The van der Waals surface area contributed by atoms with E-state index >= 15 is 0 Å². The van der Waals surface area contributed by atoms with Gasteiger partial charge in [-0.2, -0.15) is 0 Å². The minimum atomic E-state index is 0.499. The molecule has 0 bridgehead atoms. The summed E-state index contributed by atoms with van der Waals surface area (Å²) < 4.78 is 16.7. The molecule has 32 heavy (non-hydrogen) atoms. The second-order valence-corrected chi connectivity index (χ2v) is 7.96. The van der Waals surface area contributed by atoms with Crippen molar-refractivity contribution < 1.29 is 13.9 Å². The summed E-state index contributed by atoms with van der Waals surface area (Å²) in [4.78, 5) is 12.3. The molecule has 7 heteroatoms. The van der Waals surface area contributed by atoms with Crippen LogP contribution in [0.3, 0.4) is 0 Å². The van der Waals surface area contributed by atoms with Crippen molar-refractivity contribution in [2.45, 2.75) is 6.54 Å². The van der Waals surface area contributed by atoms with Crippen LogP contribution in [0.15, 0.2) is 83.1 Å². The summed E-state index contributed by atoms with van der Waals surface area (Å²) in [6.07, 6.45) is 3.29. The highest BCUT2D eigenvalue weighted by Gasteiger charge is 2.21. The summed E-state index contributed by atoms with van der Waals surface area (Å²) in [6, 6.07) is 20.0. The summed E-state index contributed by atoms with van der Waals surface area (Å²) in [6.45, 7) is 0.499. The van der Waals surface area contributed by atoms with Gasteiger partial charge in [0.25, 0.3) is 0 Å². The number of methoxy groups -OCH3 is 2. The predicted octanol–water partition coefficient (Wildman–Crippen LogP) is 6.31. The van der Waals surface area contributed by atoms with Crippen LogP contribution in [0.1, 0.15) is 5.76 Å². The number of anilines is 2. The van der Waals surface area contributed by atoms with E-state index in [9.17, 15) is 0 Å². The number of benzene rings is 2. The first-order valence-corrected chi connectivity index (χ1v) is 11.0. The van der Waals surface area contributed by atoms with Crippen molar-refractivity contribution in [1.29, 1.82) is 0 Å². The zero-order valence-corrected chi connectivity index (χ0v) is 18.5. The van der Waals surface area contributed by atoms with Crippen LogP contribution in [0, 0.1) is 0 Å². The van der Waals surface area contributed by atoms with Gasteiger partial charge in [-0.1, -0.05) is 30.3 Å². The highest BCUT2D eigenvalue weighted by molar-refractivity contribution is 7.17. The molecular weight excluding hydrogens is 422 g/mol. The Morgan fingerprint density at radius 3 is 2.53 bits per heavy atom. The SMILES string of the molecule is COc1ccc(N(Cc2ccco2)c2ncnc3scc(-c4ccccc4)c23)cc1OC. The van der Waals surface area contributed by atoms with Gasteiger partial charge in [0.05, 0.1) is 32.4 Å². The highest BCUT2D eigenvalue weighted by atomic mass is 32.1. The Bertz CT molecular complexity index is 1330. The van der Waals surface area contributed by atoms with Gasteiger partial charge in [-0.05, 0) is 29.8 Å². The molecule has 5 rings (SSSR count). The normalized spacial score (nSPS) is 10.9. The molecule has 0 aliphatic heterocycles. The van der Waals surface area contributed by atoms with Crippen LogP contribution >= 0.6 is 11.3 Å². The molecule has 0 fully saturated rings. The molecule has 0 aliphatic rings. The number of ether oxygens (including phenoxy) is 2. The van der Waals surface area contributed by atoms with Gasteiger partial charge < -0.3 is 18.8 Å². The molecule has 5 aromatic rings. The number of thiophene rings is 1. The minimum absolute atomic E-state index is 0.499. The van der Waals surface area contributed by atoms with Gasteiger partial charge in [0.15, 0.2) is 11.5 Å². The van der Waals surface area contributed by atoms with E-state index in [2.05, 4.69) is 27.4 Å². The maximum atomic E-state index is 5.68. The van der Waals surface area contributed by atoms with Crippen molar-refractivity contribution in [3.8, 4) is 22.6 Å². The van der Waals surface area contributed by atoms with Crippen LogP contribution in [-0.2, 0) is 6.54 Å². The number of hydrogen-bond acceptors (Lipinski definition) is 7. The molecule has 2 aromatic carbocycles. The van der Waals surface area contributed by atoms with Crippen LogP contribution in [0.25, 0.3) is 21.3 Å². The molecule has 0 amide bonds. The summed E-state index contributed by atoms with van der Waals surface area (Å²) in [7, 11) is 3.26. The molecule has 0 spiro atoms. The van der Waals surface area contributed by atoms with Gasteiger partial charge >= 0.3 is 0 Å². The van der Waals surface area contributed by atoms with Crippen LogP contribution in [-0.4, -0.2) is 24.2 Å². The van der Waals surface area contributed by atoms with E-state index in [4.69, 9.17) is 18.9 Å². The largest absolute Gasteiger partial charge is 0.493 e. The van der Waals surface area contributed by atoms with E-state index in [1.165, 1.54) is 0 Å². The lowest BCUT2D eigenvalue weighted by Gasteiger charge is -2.25. The van der Waals surface area contributed by atoms with Gasteiger partial charge in [0, 0.05) is 22.7 Å². The molecule has 160 valence electrons. The maximum absolute atomic E-state index is 5.68. The fourth-order valence-electron chi connectivity index (χ4n) is 3.73. The van der Waals surface area contributed by atoms with E-state index in [-0.39, 0.29) is 0 Å². The summed E-state index contributed by atoms with van der Waals surface area (Å²) in [5, 5.41) is 3.14. The molecule has 6 nitrogen and oxygen atoms in total. The van der Waals surface area contributed by atoms with Crippen LogP contribution in [0.4, 0.5) is 11.5 Å².